The third kappa shape index (κ3) is 4.14. The summed E-state index contributed by atoms with van der Waals surface area (Å²) in [5, 5.41) is 28.6. The summed E-state index contributed by atoms with van der Waals surface area (Å²) in [5.74, 6) is 0.678. The number of hydrogen-bond donors (Lipinski definition) is 3. The SMILES string of the molecule is N#C[C@H]1CC2C[C@H]2N1C(=O)[C@H](N)C12CC3CC(CC(O)(C3)C1)C2.O.O=C(O)c1ccccc1. The third-order valence-corrected chi connectivity index (χ3v) is 8.53. The zero-order valence-electron chi connectivity index (χ0n) is 18.7. The molecule has 6 atom stereocenters. The zero-order chi connectivity index (χ0) is 22.7. The number of carbonyl (C=O) groups is 2. The first-order valence-corrected chi connectivity index (χ1v) is 11.7. The highest BCUT2D eigenvalue weighted by Gasteiger charge is 2.62. The van der Waals surface area contributed by atoms with Crippen LogP contribution in [-0.2, 0) is 4.79 Å². The normalized spacial score (nSPS) is 39.9. The quantitative estimate of drug-likeness (QED) is 0.629. The number of rotatable bonds is 3. The van der Waals surface area contributed by atoms with Crippen molar-refractivity contribution >= 4 is 11.9 Å². The van der Waals surface area contributed by atoms with Crippen LogP contribution in [0.25, 0.3) is 0 Å². The van der Waals surface area contributed by atoms with Crippen LogP contribution in [-0.4, -0.2) is 56.2 Å². The molecule has 6 aliphatic rings. The Morgan fingerprint density at radius 3 is 2.24 bits per heavy atom. The monoisotopic (exact) mass is 455 g/mol. The molecule has 5 saturated carbocycles. The molecular weight excluding hydrogens is 422 g/mol. The fourth-order valence-corrected chi connectivity index (χ4v) is 7.54. The molecule has 7 rings (SSSR count). The van der Waals surface area contributed by atoms with Crippen LogP contribution in [0.1, 0.15) is 61.7 Å². The molecule has 8 nitrogen and oxygen atoms in total. The van der Waals surface area contributed by atoms with E-state index in [0.717, 1.165) is 38.5 Å². The van der Waals surface area contributed by atoms with Crippen LogP contribution in [0.4, 0.5) is 0 Å². The van der Waals surface area contributed by atoms with E-state index < -0.39 is 17.6 Å². The van der Waals surface area contributed by atoms with Crippen LogP contribution in [0.5, 0.6) is 0 Å². The minimum absolute atomic E-state index is 0. The predicted molar refractivity (Wildman–Crippen MR) is 120 cm³/mol. The van der Waals surface area contributed by atoms with Gasteiger partial charge in [0, 0.05) is 6.04 Å². The molecule has 178 valence electrons. The lowest BCUT2D eigenvalue weighted by molar-refractivity contribution is -0.177. The Morgan fingerprint density at radius 2 is 1.73 bits per heavy atom. The Balaban J connectivity index is 0.000000221. The second kappa shape index (κ2) is 8.39. The van der Waals surface area contributed by atoms with E-state index in [1.807, 2.05) is 0 Å². The van der Waals surface area contributed by atoms with Crippen molar-refractivity contribution in [1.29, 1.82) is 5.26 Å². The van der Waals surface area contributed by atoms with Crippen LogP contribution in [0.2, 0.25) is 0 Å². The largest absolute Gasteiger partial charge is 0.478 e. The average Bonchev–Trinajstić information content (AvgIpc) is 3.41. The van der Waals surface area contributed by atoms with Crippen LogP contribution in [0.3, 0.4) is 0 Å². The van der Waals surface area contributed by atoms with E-state index in [1.54, 1.807) is 35.2 Å². The number of amides is 1. The molecule has 4 bridgehead atoms. The van der Waals surface area contributed by atoms with Gasteiger partial charge in [-0.3, -0.25) is 4.79 Å². The van der Waals surface area contributed by atoms with E-state index in [1.165, 1.54) is 6.42 Å². The maximum Gasteiger partial charge on any atom is 0.335 e. The Morgan fingerprint density at radius 1 is 1.09 bits per heavy atom. The Bertz CT molecular complexity index is 947. The Kier molecular flexibility index (Phi) is 6.02. The van der Waals surface area contributed by atoms with Gasteiger partial charge in [0.2, 0.25) is 5.91 Å². The molecular formula is C25H33N3O5. The number of aliphatic hydroxyl groups is 1. The summed E-state index contributed by atoms with van der Waals surface area (Å²) in [4.78, 5) is 25.1. The summed E-state index contributed by atoms with van der Waals surface area (Å²) in [6, 6.07) is 10.0. The number of hydrogen-bond acceptors (Lipinski definition) is 5. The second-order valence-corrected chi connectivity index (χ2v) is 10.9. The number of likely N-dealkylation sites (tertiary alicyclic amines) is 1. The van der Waals surface area contributed by atoms with E-state index in [0.29, 0.717) is 29.7 Å². The van der Waals surface area contributed by atoms with Crippen molar-refractivity contribution in [3.05, 3.63) is 35.9 Å². The Labute approximate surface area is 193 Å². The van der Waals surface area contributed by atoms with Gasteiger partial charge in [-0.1, -0.05) is 18.2 Å². The van der Waals surface area contributed by atoms with Gasteiger partial charge in [-0.2, -0.15) is 5.26 Å². The molecule has 1 aromatic rings. The van der Waals surface area contributed by atoms with Crippen molar-refractivity contribution < 1.29 is 25.3 Å². The molecule has 5 aliphatic carbocycles. The van der Waals surface area contributed by atoms with Crippen LogP contribution < -0.4 is 5.73 Å². The molecule has 8 heteroatoms. The Hall–Kier alpha value is -2.47. The number of fused-ring (bicyclic) bond motifs is 1. The number of nitrogens with two attached hydrogens (primary N) is 1. The van der Waals surface area contributed by atoms with Gasteiger partial charge in [-0.25, -0.2) is 4.79 Å². The number of nitriles is 1. The topological polar surface area (TPSA) is 159 Å². The van der Waals surface area contributed by atoms with Crippen LogP contribution in [0.15, 0.2) is 30.3 Å². The van der Waals surface area contributed by atoms with Crippen molar-refractivity contribution in [2.24, 2.45) is 28.9 Å². The van der Waals surface area contributed by atoms with Crippen molar-refractivity contribution in [3.8, 4) is 6.07 Å². The van der Waals surface area contributed by atoms with E-state index in [-0.39, 0.29) is 28.9 Å². The lowest BCUT2D eigenvalue weighted by atomic mass is 9.46. The fraction of sp³-hybridized carbons (Fsp3) is 0.640. The highest BCUT2D eigenvalue weighted by molar-refractivity contribution is 5.87. The van der Waals surface area contributed by atoms with Crippen molar-refractivity contribution in [2.45, 2.75) is 75.1 Å². The molecule has 1 amide bonds. The van der Waals surface area contributed by atoms with Crippen LogP contribution in [0, 0.1) is 34.5 Å². The lowest BCUT2D eigenvalue weighted by Crippen LogP contribution is -2.64. The van der Waals surface area contributed by atoms with E-state index in [9.17, 15) is 20.0 Å². The standard InChI is InChI=1S/C18H25N3O2.C7H6O2.H2O/c19-8-13-2-12-3-14(12)21(13)16(22)15(20)17-4-10-1-11(5-17)7-18(23,6-10)9-17;8-7(9)6-4-2-1-3-5-6;/h10-15,23H,1-7,9,20H2;1-5H,(H,8,9);1H2/t10?,11?,12?,13-,14-,15+,17?,18?;;/m1../s1. The van der Waals surface area contributed by atoms with Crippen LogP contribution >= 0.6 is 0 Å². The maximum absolute atomic E-state index is 13.1. The van der Waals surface area contributed by atoms with Gasteiger partial charge in [-0.15, -0.1) is 0 Å². The fourth-order valence-electron chi connectivity index (χ4n) is 7.54. The van der Waals surface area contributed by atoms with Crippen molar-refractivity contribution in [3.63, 3.8) is 0 Å². The number of carbonyl (C=O) groups excluding carboxylic acids is 1. The molecule has 1 aliphatic heterocycles. The van der Waals surface area contributed by atoms with Gasteiger partial charge in [0.05, 0.1) is 23.3 Å². The van der Waals surface area contributed by atoms with Crippen molar-refractivity contribution in [2.75, 3.05) is 0 Å². The minimum Gasteiger partial charge on any atom is -0.478 e. The molecule has 3 unspecified atom stereocenters. The molecule has 1 aromatic carbocycles. The number of aromatic carboxylic acids is 1. The van der Waals surface area contributed by atoms with E-state index >= 15 is 0 Å². The first kappa shape index (κ1) is 23.7. The van der Waals surface area contributed by atoms with E-state index in [4.69, 9.17) is 10.8 Å². The number of carboxylic acid groups (broad SMARTS) is 1. The first-order valence-electron chi connectivity index (χ1n) is 11.7. The summed E-state index contributed by atoms with van der Waals surface area (Å²) in [7, 11) is 0. The third-order valence-electron chi connectivity index (χ3n) is 8.53. The van der Waals surface area contributed by atoms with Gasteiger partial charge in [0.1, 0.15) is 6.04 Å². The van der Waals surface area contributed by atoms with Crippen molar-refractivity contribution in [1.82, 2.24) is 4.90 Å². The molecule has 6 N–H and O–H groups in total. The molecule has 6 fully saturated rings. The minimum atomic E-state index is -0.879. The van der Waals surface area contributed by atoms with Gasteiger partial charge in [-0.05, 0) is 86.7 Å². The summed E-state index contributed by atoms with van der Waals surface area (Å²) < 4.78 is 0. The maximum atomic E-state index is 13.1. The smallest absolute Gasteiger partial charge is 0.335 e. The predicted octanol–water partition coefficient (Wildman–Crippen LogP) is 1.72. The lowest BCUT2D eigenvalue weighted by Gasteiger charge is -2.61. The molecule has 0 aromatic heterocycles. The molecule has 0 spiro atoms. The number of benzene rings is 1. The molecule has 33 heavy (non-hydrogen) atoms. The summed E-state index contributed by atoms with van der Waals surface area (Å²) in [6.07, 6.45) is 7.48. The van der Waals surface area contributed by atoms with Gasteiger partial charge in [0.15, 0.2) is 0 Å². The summed E-state index contributed by atoms with van der Waals surface area (Å²) >= 11 is 0. The number of nitrogens with zero attached hydrogens (tertiary/aromatic N) is 2. The van der Waals surface area contributed by atoms with Gasteiger partial charge >= 0.3 is 5.97 Å². The second-order valence-electron chi connectivity index (χ2n) is 10.9. The zero-order valence-corrected chi connectivity index (χ0v) is 18.7. The number of piperidine rings is 1. The highest BCUT2D eigenvalue weighted by atomic mass is 16.4. The molecule has 1 heterocycles. The molecule has 0 radical (unpaired) electrons. The highest BCUT2D eigenvalue weighted by Crippen LogP contribution is 2.63. The van der Waals surface area contributed by atoms with Gasteiger partial charge < -0.3 is 26.3 Å². The first-order chi connectivity index (χ1) is 15.2. The van der Waals surface area contributed by atoms with Gasteiger partial charge in [0.25, 0.3) is 0 Å². The average molecular weight is 456 g/mol. The summed E-state index contributed by atoms with van der Waals surface area (Å²) in [5.41, 5.74) is 6.05. The molecule has 1 saturated heterocycles. The van der Waals surface area contributed by atoms with E-state index in [2.05, 4.69) is 6.07 Å². The number of carboxylic acids is 1. The summed E-state index contributed by atoms with van der Waals surface area (Å²) in [6.45, 7) is 0.